The van der Waals surface area contributed by atoms with Gasteiger partial charge in [0, 0.05) is 6.04 Å². The van der Waals surface area contributed by atoms with Crippen LogP contribution in [0.4, 0.5) is 0 Å². The number of fused-ring (bicyclic) bond motifs is 1. The van der Waals surface area contributed by atoms with Crippen molar-refractivity contribution in [3.8, 4) is 0 Å². The molecule has 1 saturated heterocycles. The molecule has 2 atom stereocenters. The largest absolute Gasteiger partial charge is 0.352 e. The van der Waals surface area contributed by atoms with Gasteiger partial charge in [0.1, 0.15) is 5.01 Å². The number of amides is 1. The van der Waals surface area contributed by atoms with E-state index in [9.17, 15) is 4.79 Å². The van der Waals surface area contributed by atoms with Crippen molar-refractivity contribution in [2.45, 2.75) is 52.1 Å². The minimum Gasteiger partial charge on any atom is -0.352 e. The van der Waals surface area contributed by atoms with Crippen molar-refractivity contribution in [1.29, 1.82) is 0 Å². The van der Waals surface area contributed by atoms with E-state index in [0.29, 0.717) is 12.5 Å². The van der Waals surface area contributed by atoms with Crippen LogP contribution in [0.25, 0.3) is 10.2 Å². The van der Waals surface area contributed by atoms with Crippen LogP contribution in [0.1, 0.15) is 51.1 Å². The van der Waals surface area contributed by atoms with Crippen LogP contribution in [-0.4, -0.2) is 34.9 Å². The highest BCUT2D eigenvalue weighted by Gasteiger charge is 2.28. The predicted octanol–water partition coefficient (Wildman–Crippen LogP) is 3.98. The molecule has 0 spiro atoms. The number of aromatic nitrogens is 1. The van der Waals surface area contributed by atoms with Crippen LogP contribution in [0, 0.1) is 5.92 Å². The lowest BCUT2D eigenvalue weighted by Gasteiger charge is -2.34. The average Bonchev–Trinajstić information content (AvgIpc) is 2.98. The molecule has 4 nitrogen and oxygen atoms in total. The van der Waals surface area contributed by atoms with Gasteiger partial charge < -0.3 is 5.32 Å². The van der Waals surface area contributed by atoms with Crippen molar-refractivity contribution in [1.82, 2.24) is 15.2 Å². The molecule has 2 aromatic rings. The van der Waals surface area contributed by atoms with Gasteiger partial charge in [-0.25, -0.2) is 4.98 Å². The van der Waals surface area contributed by atoms with Crippen LogP contribution in [0.5, 0.6) is 0 Å². The molecule has 0 radical (unpaired) electrons. The number of carbonyl (C=O) groups excluding carboxylic acids is 1. The normalized spacial score (nSPS) is 20.4. The Kier molecular flexibility index (Phi) is 5.51. The molecular weight excluding hydrogens is 318 g/mol. The Morgan fingerprint density at radius 1 is 1.33 bits per heavy atom. The number of thiazole rings is 1. The summed E-state index contributed by atoms with van der Waals surface area (Å²) in [6, 6.07) is 8.77. The molecule has 24 heavy (non-hydrogen) atoms. The van der Waals surface area contributed by atoms with Gasteiger partial charge in [-0.05, 0) is 44.4 Å². The fourth-order valence-corrected chi connectivity index (χ4v) is 4.28. The molecule has 1 aromatic heterocycles. The van der Waals surface area contributed by atoms with E-state index >= 15 is 0 Å². The van der Waals surface area contributed by atoms with Crippen molar-refractivity contribution in [3.63, 3.8) is 0 Å². The Balaban J connectivity index is 1.72. The number of para-hydroxylation sites is 1. The number of nitrogens with one attached hydrogen (secondary N) is 1. The minimum atomic E-state index is 0.129. The van der Waals surface area contributed by atoms with Gasteiger partial charge in [-0.1, -0.05) is 32.4 Å². The first-order chi connectivity index (χ1) is 11.5. The molecule has 0 bridgehead atoms. The van der Waals surface area contributed by atoms with E-state index in [4.69, 9.17) is 4.98 Å². The van der Waals surface area contributed by atoms with Crippen molar-refractivity contribution in [3.05, 3.63) is 29.3 Å². The Morgan fingerprint density at radius 3 is 2.88 bits per heavy atom. The van der Waals surface area contributed by atoms with E-state index in [-0.39, 0.29) is 18.0 Å². The molecule has 1 aliphatic heterocycles. The van der Waals surface area contributed by atoms with Gasteiger partial charge >= 0.3 is 0 Å². The van der Waals surface area contributed by atoms with Crippen molar-refractivity contribution in [2.75, 3.05) is 13.1 Å². The molecule has 2 heterocycles. The first-order valence-corrected chi connectivity index (χ1v) is 9.75. The summed E-state index contributed by atoms with van der Waals surface area (Å²) in [6.45, 7) is 7.79. The summed E-state index contributed by atoms with van der Waals surface area (Å²) < 4.78 is 1.23. The zero-order chi connectivity index (χ0) is 17.1. The van der Waals surface area contributed by atoms with Gasteiger partial charge in [0.2, 0.25) is 5.91 Å². The maximum absolute atomic E-state index is 12.4. The number of hydrogen-bond donors (Lipinski definition) is 1. The van der Waals surface area contributed by atoms with Crippen LogP contribution in [0.15, 0.2) is 24.3 Å². The average molecular weight is 346 g/mol. The van der Waals surface area contributed by atoms with Crippen molar-refractivity contribution in [2.24, 2.45) is 5.92 Å². The molecule has 1 fully saturated rings. The monoisotopic (exact) mass is 345 g/mol. The molecule has 0 aliphatic carbocycles. The maximum atomic E-state index is 12.4. The molecule has 0 unspecified atom stereocenters. The Bertz CT molecular complexity index is 664. The number of likely N-dealkylation sites (tertiary alicyclic amines) is 1. The predicted molar refractivity (Wildman–Crippen MR) is 100 cm³/mol. The number of piperidine rings is 1. The number of benzene rings is 1. The van der Waals surface area contributed by atoms with Gasteiger partial charge in [-0.15, -0.1) is 11.3 Å². The van der Waals surface area contributed by atoms with Crippen LogP contribution >= 0.6 is 11.3 Å². The van der Waals surface area contributed by atoms with E-state index in [2.05, 4.69) is 49.2 Å². The highest BCUT2D eigenvalue weighted by molar-refractivity contribution is 7.18. The minimum absolute atomic E-state index is 0.129. The fourth-order valence-electron chi connectivity index (χ4n) is 3.14. The Labute approximate surface area is 148 Å². The van der Waals surface area contributed by atoms with Crippen molar-refractivity contribution >= 4 is 27.5 Å². The fraction of sp³-hybridized carbons (Fsp3) is 0.579. The van der Waals surface area contributed by atoms with Crippen molar-refractivity contribution < 1.29 is 4.79 Å². The van der Waals surface area contributed by atoms with E-state index in [0.717, 1.165) is 29.9 Å². The molecule has 1 N–H and O–H groups in total. The van der Waals surface area contributed by atoms with E-state index in [1.807, 2.05) is 6.07 Å². The summed E-state index contributed by atoms with van der Waals surface area (Å²) in [5.41, 5.74) is 1.07. The maximum Gasteiger partial charge on any atom is 0.234 e. The quantitative estimate of drug-likeness (QED) is 0.891. The van der Waals surface area contributed by atoms with Gasteiger partial charge in [0.15, 0.2) is 0 Å². The SMILES string of the molecule is CC(C)[C@@H](C)NC(=O)CN1CCCC[C@@H]1c1nc2ccccc2s1. The third-order valence-electron chi connectivity index (χ3n) is 4.94. The van der Waals surface area contributed by atoms with Crippen LogP contribution < -0.4 is 5.32 Å². The summed E-state index contributed by atoms with van der Waals surface area (Å²) in [4.78, 5) is 19.5. The molecule has 0 saturated carbocycles. The lowest BCUT2D eigenvalue weighted by Crippen LogP contribution is -2.45. The van der Waals surface area contributed by atoms with E-state index in [1.54, 1.807) is 11.3 Å². The highest BCUT2D eigenvalue weighted by atomic mass is 32.1. The highest BCUT2D eigenvalue weighted by Crippen LogP contribution is 2.35. The third-order valence-corrected chi connectivity index (χ3v) is 6.08. The van der Waals surface area contributed by atoms with Crippen LogP contribution in [0.3, 0.4) is 0 Å². The summed E-state index contributed by atoms with van der Waals surface area (Å²) in [7, 11) is 0. The smallest absolute Gasteiger partial charge is 0.234 e. The Hall–Kier alpha value is -1.46. The standard InChI is InChI=1S/C19H27N3OS/c1-13(2)14(3)20-18(23)12-22-11-7-6-9-16(22)19-21-15-8-4-5-10-17(15)24-19/h4-5,8,10,13-14,16H,6-7,9,11-12H2,1-3H3,(H,20,23)/t14-,16-/m1/s1. The first-order valence-electron chi connectivity index (χ1n) is 8.93. The van der Waals surface area contributed by atoms with E-state index < -0.39 is 0 Å². The summed E-state index contributed by atoms with van der Waals surface area (Å²) in [5, 5.41) is 4.28. The second-order valence-corrected chi connectivity index (χ2v) is 8.16. The van der Waals surface area contributed by atoms with Crippen LogP contribution in [-0.2, 0) is 4.79 Å². The second kappa shape index (κ2) is 7.62. The van der Waals surface area contributed by atoms with Gasteiger partial charge in [0.05, 0.1) is 22.8 Å². The Morgan fingerprint density at radius 2 is 2.12 bits per heavy atom. The van der Waals surface area contributed by atoms with Gasteiger partial charge in [0.25, 0.3) is 0 Å². The zero-order valence-corrected chi connectivity index (χ0v) is 15.6. The molecular formula is C19H27N3OS. The number of rotatable bonds is 5. The molecule has 3 rings (SSSR count). The van der Waals surface area contributed by atoms with Gasteiger partial charge in [-0.3, -0.25) is 9.69 Å². The van der Waals surface area contributed by atoms with Gasteiger partial charge in [-0.2, -0.15) is 0 Å². The molecule has 5 heteroatoms. The number of nitrogens with zero attached hydrogens (tertiary/aromatic N) is 2. The molecule has 130 valence electrons. The second-order valence-electron chi connectivity index (χ2n) is 7.10. The lowest BCUT2D eigenvalue weighted by molar-refractivity contribution is -0.124. The number of hydrogen-bond acceptors (Lipinski definition) is 4. The number of carbonyl (C=O) groups is 1. The molecule has 1 amide bonds. The van der Waals surface area contributed by atoms with Crippen LogP contribution in [0.2, 0.25) is 0 Å². The lowest BCUT2D eigenvalue weighted by atomic mass is 10.0. The summed E-state index contributed by atoms with van der Waals surface area (Å²) >= 11 is 1.77. The molecule has 1 aromatic carbocycles. The molecule has 1 aliphatic rings. The van der Waals surface area contributed by atoms with E-state index in [1.165, 1.54) is 11.1 Å². The summed E-state index contributed by atoms with van der Waals surface area (Å²) in [5.74, 6) is 0.583. The third kappa shape index (κ3) is 3.95. The topological polar surface area (TPSA) is 45.2 Å². The first kappa shape index (κ1) is 17.4. The zero-order valence-electron chi connectivity index (χ0n) is 14.8. The summed E-state index contributed by atoms with van der Waals surface area (Å²) in [6.07, 6.45) is 3.46.